The maximum absolute atomic E-state index is 12.9. The summed E-state index contributed by atoms with van der Waals surface area (Å²) in [6.07, 6.45) is 5.80. The van der Waals surface area contributed by atoms with Crippen LogP contribution in [0.1, 0.15) is 22.5 Å². The molecule has 3 aromatic rings. The van der Waals surface area contributed by atoms with E-state index in [9.17, 15) is 9.59 Å². The molecule has 0 aliphatic carbocycles. The molecule has 7 heteroatoms. The monoisotopic (exact) mass is 347 g/mol. The summed E-state index contributed by atoms with van der Waals surface area (Å²) in [6, 6.07) is 10.7. The van der Waals surface area contributed by atoms with Crippen molar-refractivity contribution in [3.05, 3.63) is 66.2 Å². The average molecular weight is 347 g/mol. The van der Waals surface area contributed by atoms with Gasteiger partial charge in [0.15, 0.2) is 0 Å². The van der Waals surface area contributed by atoms with E-state index in [4.69, 9.17) is 0 Å². The van der Waals surface area contributed by atoms with Gasteiger partial charge < -0.3 is 0 Å². The summed E-state index contributed by atoms with van der Waals surface area (Å²) < 4.78 is 0. The van der Waals surface area contributed by atoms with Crippen LogP contribution in [0.4, 0.5) is 0 Å². The van der Waals surface area contributed by atoms with Crippen LogP contribution in [-0.2, 0) is 11.2 Å². The SMILES string of the molecule is O=C(Cc1ccccn1)N1CCCN1C(=O)c1ccc2nccnc2c1. The summed E-state index contributed by atoms with van der Waals surface area (Å²) in [6.45, 7) is 1.05. The van der Waals surface area contributed by atoms with Crippen molar-refractivity contribution in [2.45, 2.75) is 12.8 Å². The number of fused-ring (bicyclic) bond motifs is 1. The van der Waals surface area contributed by atoms with Crippen LogP contribution < -0.4 is 0 Å². The molecular formula is C19H17N5O2. The number of carbonyl (C=O) groups excluding carboxylic acids is 2. The van der Waals surface area contributed by atoms with Crippen molar-refractivity contribution in [2.24, 2.45) is 0 Å². The molecule has 0 bridgehead atoms. The van der Waals surface area contributed by atoms with Gasteiger partial charge in [-0.05, 0) is 36.8 Å². The molecule has 1 aliphatic heterocycles. The number of amides is 2. The van der Waals surface area contributed by atoms with Gasteiger partial charge in [-0.2, -0.15) is 0 Å². The Balaban J connectivity index is 1.55. The fourth-order valence-corrected chi connectivity index (χ4v) is 3.08. The Morgan fingerprint density at radius 1 is 0.885 bits per heavy atom. The first-order chi connectivity index (χ1) is 12.7. The van der Waals surface area contributed by atoms with Gasteiger partial charge in [0.2, 0.25) is 5.91 Å². The third-order valence-corrected chi connectivity index (χ3v) is 4.33. The molecule has 2 amide bonds. The molecule has 2 aromatic heterocycles. The molecule has 1 saturated heterocycles. The average Bonchev–Trinajstić information content (AvgIpc) is 3.18. The van der Waals surface area contributed by atoms with Crippen LogP contribution in [0.5, 0.6) is 0 Å². The molecule has 0 saturated carbocycles. The van der Waals surface area contributed by atoms with Crippen molar-refractivity contribution < 1.29 is 9.59 Å². The minimum absolute atomic E-state index is 0.130. The molecule has 0 radical (unpaired) electrons. The number of benzene rings is 1. The van der Waals surface area contributed by atoms with Crippen molar-refractivity contribution in [1.29, 1.82) is 0 Å². The van der Waals surface area contributed by atoms with Gasteiger partial charge in [-0.1, -0.05) is 6.07 Å². The van der Waals surface area contributed by atoms with Crippen molar-refractivity contribution >= 4 is 22.8 Å². The quantitative estimate of drug-likeness (QED) is 0.722. The molecule has 130 valence electrons. The maximum atomic E-state index is 12.9. The second-order valence-electron chi connectivity index (χ2n) is 6.06. The van der Waals surface area contributed by atoms with Crippen molar-refractivity contribution in [3.63, 3.8) is 0 Å². The summed E-state index contributed by atoms with van der Waals surface area (Å²) in [5, 5.41) is 3.04. The fourth-order valence-electron chi connectivity index (χ4n) is 3.08. The van der Waals surface area contributed by atoms with Crippen LogP contribution in [0.3, 0.4) is 0 Å². The zero-order valence-electron chi connectivity index (χ0n) is 14.1. The van der Waals surface area contributed by atoms with Crippen LogP contribution in [0.25, 0.3) is 11.0 Å². The first-order valence-electron chi connectivity index (χ1n) is 8.45. The number of pyridine rings is 1. The molecule has 1 aromatic carbocycles. The van der Waals surface area contributed by atoms with E-state index in [-0.39, 0.29) is 18.2 Å². The minimum Gasteiger partial charge on any atom is -0.273 e. The van der Waals surface area contributed by atoms with Crippen molar-refractivity contribution in [2.75, 3.05) is 13.1 Å². The highest BCUT2D eigenvalue weighted by Gasteiger charge is 2.31. The first-order valence-corrected chi connectivity index (χ1v) is 8.45. The summed E-state index contributed by atoms with van der Waals surface area (Å²) >= 11 is 0. The van der Waals surface area contributed by atoms with E-state index in [2.05, 4.69) is 15.0 Å². The van der Waals surface area contributed by atoms with E-state index in [1.807, 2.05) is 18.2 Å². The second kappa shape index (κ2) is 6.87. The van der Waals surface area contributed by atoms with Crippen LogP contribution in [0, 0.1) is 0 Å². The van der Waals surface area contributed by atoms with Crippen molar-refractivity contribution in [3.8, 4) is 0 Å². The lowest BCUT2D eigenvalue weighted by molar-refractivity contribution is -0.139. The molecule has 0 spiro atoms. The van der Waals surface area contributed by atoms with E-state index < -0.39 is 0 Å². The van der Waals surface area contributed by atoms with E-state index in [0.29, 0.717) is 29.9 Å². The van der Waals surface area contributed by atoms with Crippen LogP contribution >= 0.6 is 0 Å². The minimum atomic E-state index is -0.204. The molecule has 3 heterocycles. The number of carbonyl (C=O) groups is 2. The molecule has 0 N–H and O–H groups in total. The van der Waals surface area contributed by atoms with Gasteiger partial charge in [0.1, 0.15) is 0 Å². The van der Waals surface area contributed by atoms with Crippen molar-refractivity contribution in [1.82, 2.24) is 25.0 Å². The standard InChI is InChI=1S/C19H17N5O2/c25-18(13-15-4-1-2-7-20-15)23-10-3-11-24(23)19(26)14-5-6-16-17(12-14)22-9-8-21-16/h1-2,4-9,12H,3,10-11,13H2. The Labute approximate surface area is 150 Å². The predicted octanol–water partition coefficient (Wildman–Crippen LogP) is 1.86. The zero-order valence-corrected chi connectivity index (χ0v) is 14.1. The zero-order chi connectivity index (χ0) is 17.9. The smallest absolute Gasteiger partial charge is 0.272 e. The molecule has 0 atom stereocenters. The van der Waals surface area contributed by atoms with Gasteiger partial charge in [0, 0.05) is 42.9 Å². The highest BCUT2D eigenvalue weighted by Crippen LogP contribution is 2.18. The Bertz CT molecular complexity index is 960. The van der Waals surface area contributed by atoms with Crippen LogP contribution in [0.2, 0.25) is 0 Å². The second-order valence-corrected chi connectivity index (χ2v) is 6.06. The lowest BCUT2D eigenvalue weighted by Crippen LogP contribution is -2.45. The maximum Gasteiger partial charge on any atom is 0.272 e. The highest BCUT2D eigenvalue weighted by atomic mass is 16.2. The van der Waals surface area contributed by atoms with Gasteiger partial charge in [-0.25, -0.2) is 5.01 Å². The largest absolute Gasteiger partial charge is 0.273 e. The van der Waals surface area contributed by atoms with Gasteiger partial charge in [0.25, 0.3) is 5.91 Å². The number of rotatable bonds is 3. The molecule has 1 aliphatic rings. The molecular weight excluding hydrogens is 330 g/mol. The van der Waals surface area contributed by atoms with Gasteiger partial charge in [0.05, 0.1) is 17.5 Å². The summed E-state index contributed by atoms with van der Waals surface area (Å²) in [4.78, 5) is 38.2. The fraction of sp³-hybridized carbons (Fsp3) is 0.211. The predicted molar refractivity (Wildman–Crippen MR) is 94.8 cm³/mol. The number of hydrogen-bond acceptors (Lipinski definition) is 5. The molecule has 0 unspecified atom stereocenters. The van der Waals surface area contributed by atoms with E-state index >= 15 is 0 Å². The lowest BCUT2D eigenvalue weighted by atomic mass is 10.2. The number of aromatic nitrogens is 3. The number of hydrogen-bond donors (Lipinski definition) is 0. The number of nitrogens with zero attached hydrogens (tertiary/aromatic N) is 5. The Morgan fingerprint density at radius 2 is 1.69 bits per heavy atom. The van der Waals surface area contributed by atoms with E-state index in [1.165, 1.54) is 10.0 Å². The van der Waals surface area contributed by atoms with E-state index in [0.717, 1.165) is 11.9 Å². The lowest BCUT2D eigenvalue weighted by Gasteiger charge is -2.28. The molecule has 4 rings (SSSR count). The van der Waals surface area contributed by atoms with Crippen LogP contribution in [0.15, 0.2) is 55.0 Å². The number of hydrazine groups is 1. The van der Waals surface area contributed by atoms with Gasteiger partial charge >= 0.3 is 0 Å². The Morgan fingerprint density at radius 3 is 2.50 bits per heavy atom. The first kappa shape index (κ1) is 16.1. The third kappa shape index (κ3) is 3.11. The third-order valence-electron chi connectivity index (χ3n) is 4.33. The summed E-state index contributed by atoms with van der Waals surface area (Å²) in [5.41, 5.74) is 2.57. The Hall–Kier alpha value is -3.35. The molecule has 7 nitrogen and oxygen atoms in total. The highest BCUT2D eigenvalue weighted by molar-refractivity contribution is 5.98. The van der Waals surface area contributed by atoms with Gasteiger partial charge in [-0.3, -0.25) is 29.5 Å². The van der Waals surface area contributed by atoms with Gasteiger partial charge in [-0.15, -0.1) is 0 Å². The topological polar surface area (TPSA) is 79.3 Å². The Kier molecular flexibility index (Phi) is 4.27. The molecule has 1 fully saturated rings. The van der Waals surface area contributed by atoms with Crippen LogP contribution in [-0.4, -0.2) is 49.9 Å². The van der Waals surface area contributed by atoms with E-state index in [1.54, 1.807) is 36.8 Å². The molecule has 26 heavy (non-hydrogen) atoms. The summed E-state index contributed by atoms with van der Waals surface area (Å²) in [5.74, 6) is -0.334. The normalized spacial score (nSPS) is 14.0. The summed E-state index contributed by atoms with van der Waals surface area (Å²) in [7, 11) is 0.